The molecule has 0 aliphatic heterocycles. The number of hydrogen-bond acceptors (Lipinski definition) is 4. The number of aromatic nitrogens is 1. The summed E-state index contributed by atoms with van der Waals surface area (Å²) in [6, 6.07) is 11.2. The van der Waals surface area contributed by atoms with Crippen molar-refractivity contribution in [2.24, 2.45) is 4.99 Å². The van der Waals surface area contributed by atoms with Gasteiger partial charge in [0, 0.05) is 30.9 Å². The third-order valence-electron chi connectivity index (χ3n) is 3.95. The Morgan fingerprint density at radius 1 is 1.04 bits per heavy atom. The number of rotatable bonds is 5. The van der Waals surface area contributed by atoms with E-state index in [0.717, 1.165) is 0 Å². The summed E-state index contributed by atoms with van der Waals surface area (Å²) in [5.41, 5.74) is 0.955. The van der Waals surface area contributed by atoms with Crippen LogP contribution in [0.15, 0.2) is 58.5 Å². The van der Waals surface area contributed by atoms with E-state index >= 15 is 0 Å². The van der Waals surface area contributed by atoms with Gasteiger partial charge in [-0.25, -0.2) is 8.42 Å². The van der Waals surface area contributed by atoms with E-state index < -0.39 is 10.0 Å². The molecular weight excluding hydrogens is 350 g/mol. The van der Waals surface area contributed by atoms with Crippen LogP contribution in [0.1, 0.15) is 38.1 Å². The lowest BCUT2D eigenvalue weighted by Gasteiger charge is -2.21. The first-order valence-corrected chi connectivity index (χ1v) is 9.93. The topological polar surface area (TPSA) is 71.7 Å². The maximum atomic E-state index is 12.8. The lowest BCUT2D eigenvalue weighted by Crippen LogP contribution is -2.33. The number of carbonyl (C=O) groups is 1. The Kier molecular flexibility index (Phi) is 6.15. The molecule has 0 saturated heterocycles. The smallest absolute Gasteiger partial charge is 0.263 e. The zero-order valence-electron chi connectivity index (χ0n) is 15.7. The minimum Gasteiger partial charge on any atom is -0.268 e. The molecule has 0 radical (unpaired) electrons. The normalized spacial score (nSPS) is 13.0. The van der Waals surface area contributed by atoms with Gasteiger partial charge >= 0.3 is 0 Å². The van der Waals surface area contributed by atoms with E-state index in [0.29, 0.717) is 11.1 Å². The van der Waals surface area contributed by atoms with E-state index in [-0.39, 0.29) is 22.9 Å². The van der Waals surface area contributed by atoms with Crippen molar-refractivity contribution in [3.8, 4) is 0 Å². The summed E-state index contributed by atoms with van der Waals surface area (Å²) in [4.78, 5) is 17.4. The molecule has 0 bridgehead atoms. The third kappa shape index (κ3) is 4.28. The number of sulfonamides is 1. The highest BCUT2D eigenvalue weighted by atomic mass is 32.2. The van der Waals surface area contributed by atoms with Crippen molar-refractivity contribution in [2.45, 2.75) is 44.7 Å². The summed E-state index contributed by atoms with van der Waals surface area (Å²) < 4.78 is 27.8. The molecule has 7 heteroatoms. The molecule has 2 aromatic rings. The quantitative estimate of drug-likeness (QED) is 0.806. The first kappa shape index (κ1) is 20.1. The summed E-state index contributed by atoms with van der Waals surface area (Å²) in [7, 11) is -2.03. The van der Waals surface area contributed by atoms with Crippen molar-refractivity contribution in [2.75, 3.05) is 7.05 Å². The minimum atomic E-state index is -3.57. The lowest BCUT2D eigenvalue weighted by molar-refractivity contribution is 0.0954. The fraction of sp³-hybridized carbons (Fsp3) is 0.368. The Hall–Kier alpha value is -2.25. The standard InChI is InChI=1S/C19H25N3O3S/c1-14(2)20-18-8-6-7-13-22(18)19(23)16-9-11-17(12-10-16)26(24,25)21(5)15(3)4/h6-15H,1-5H3. The predicted octanol–water partition coefficient (Wildman–Crippen LogP) is 2.51. The molecule has 0 spiro atoms. The average Bonchev–Trinajstić information content (AvgIpc) is 2.60. The Morgan fingerprint density at radius 3 is 2.19 bits per heavy atom. The van der Waals surface area contributed by atoms with Crippen LogP contribution in [0.5, 0.6) is 0 Å². The molecule has 140 valence electrons. The molecular formula is C19H25N3O3S. The minimum absolute atomic E-state index is 0.0514. The van der Waals surface area contributed by atoms with E-state index in [4.69, 9.17) is 0 Å². The van der Waals surface area contributed by atoms with E-state index in [1.54, 1.807) is 39.2 Å². The Morgan fingerprint density at radius 2 is 1.65 bits per heavy atom. The monoisotopic (exact) mass is 375 g/mol. The number of pyridine rings is 1. The number of carbonyl (C=O) groups excluding carboxylic acids is 1. The second-order valence-corrected chi connectivity index (χ2v) is 8.59. The van der Waals surface area contributed by atoms with Gasteiger partial charge in [-0.15, -0.1) is 0 Å². The fourth-order valence-electron chi connectivity index (χ4n) is 2.33. The third-order valence-corrected chi connectivity index (χ3v) is 6.00. The molecule has 0 aliphatic carbocycles. The SMILES string of the molecule is CC(C)N=c1ccccn1C(=O)c1ccc(S(=O)(=O)N(C)C(C)C)cc1. The summed E-state index contributed by atoms with van der Waals surface area (Å²) >= 11 is 0. The summed E-state index contributed by atoms with van der Waals surface area (Å²) in [6.45, 7) is 7.49. The molecule has 26 heavy (non-hydrogen) atoms. The van der Waals surface area contributed by atoms with Gasteiger partial charge in [0.1, 0.15) is 5.49 Å². The average molecular weight is 375 g/mol. The number of hydrogen-bond donors (Lipinski definition) is 0. The van der Waals surface area contributed by atoms with Gasteiger partial charge in [0.25, 0.3) is 5.91 Å². The van der Waals surface area contributed by atoms with Crippen LogP contribution in [-0.2, 0) is 10.0 Å². The fourth-order valence-corrected chi connectivity index (χ4v) is 3.70. The summed E-state index contributed by atoms with van der Waals surface area (Å²) in [5.74, 6) is -0.258. The maximum Gasteiger partial charge on any atom is 0.263 e. The molecule has 0 atom stereocenters. The molecule has 0 saturated carbocycles. The molecule has 1 aromatic carbocycles. The van der Waals surface area contributed by atoms with E-state index in [2.05, 4.69) is 4.99 Å². The molecule has 1 aromatic heterocycles. The van der Waals surface area contributed by atoms with Crippen LogP contribution in [0.3, 0.4) is 0 Å². The second-order valence-electron chi connectivity index (χ2n) is 6.60. The molecule has 1 heterocycles. The molecule has 0 fully saturated rings. The molecule has 2 rings (SSSR count). The van der Waals surface area contributed by atoms with Crippen molar-refractivity contribution in [3.05, 3.63) is 59.7 Å². The Labute approximate surface area is 154 Å². The molecule has 0 aliphatic rings. The highest BCUT2D eigenvalue weighted by Gasteiger charge is 2.23. The molecule has 6 nitrogen and oxygen atoms in total. The van der Waals surface area contributed by atoms with Gasteiger partial charge < -0.3 is 0 Å². The first-order valence-electron chi connectivity index (χ1n) is 8.49. The highest BCUT2D eigenvalue weighted by Crippen LogP contribution is 2.17. The van der Waals surface area contributed by atoms with Gasteiger partial charge in [-0.2, -0.15) is 4.31 Å². The molecule has 0 amide bonds. The number of benzene rings is 1. The number of nitrogens with zero attached hydrogens (tertiary/aromatic N) is 3. The van der Waals surface area contributed by atoms with Gasteiger partial charge in [-0.1, -0.05) is 6.07 Å². The van der Waals surface area contributed by atoms with Crippen molar-refractivity contribution in [3.63, 3.8) is 0 Å². The van der Waals surface area contributed by atoms with Crippen LogP contribution in [0.2, 0.25) is 0 Å². The van der Waals surface area contributed by atoms with Gasteiger partial charge in [-0.3, -0.25) is 14.4 Å². The zero-order valence-corrected chi connectivity index (χ0v) is 16.6. The van der Waals surface area contributed by atoms with Crippen molar-refractivity contribution in [1.29, 1.82) is 0 Å². The Balaban J connectivity index is 2.40. The van der Waals surface area contributed by atoms with Gasteiger partial charge in [0.15, 0.2) is 0 Å². The lowest BCUT2D eigenvalue weighted by atomic mass is 10.2. The maximum absolute atomic E-state index is 12.8. The van der Waals surface area contributed by atoms with Gasteiger partial charge in [0.05, 0.1) is 4.90 Å². The summed E-state index contributed by atoms with van der Waals surface area (Å²) in [6.07, 6.45) is 1.65. The van der Waals surface area contributed by atoms with Crippen molar-refractivity contribution < 1.29 is 13.2 Å². The molecule has 0 N–H and O–H groups in total. The first-order chi connectivity index (χ1) is 12.1. The van der Waals surface area contributed by atoms with Gasteiger partial charge in [-0.05, 0) is 64.1 Å². The van der Waals surface area contributed by atoms with E-state index in [1.807, 2.05) is 19.9 Å². The van der Waals surface area contributed by atoms with Crippen LogP contribution >= 0.6 is 0 Å². The molecule has 0 unspecified atom stereocenters. The highest BCUT2D eigenvalue weighted by molar-refractivity contribution is 7.89. The van der Waals surface area contributed by atoms with E-state index in [9.17, 15) is 13.2 Å². The zero-order chi connectivity index (χ0) is 19.5. The van der Waals surface area contributed by atoms with Crippen LogP contribution in [0.4, 0.5) is 0 Å². The van der Waals surface area contributed by atoms with Crippen LogP contribution in [-0.4, -0.2) is 42.3 Å². The summed E-state index contributed by atoms with van der Waals surface area (Å²) in [5, 5.41) is 0. The van der Waals surface area contributed by atoms with Crippen LogP contribution < -0.4 is 5.49 Å². The largest absolute Gasteiger partial charge is 0.268 e. The second kappa shape index (κ2) is 7.97. The van der Waals surface area contributed by atoms with Crippen molar-refractivity contribution in [1.82, 2.24) is 8.87 Å². The van der Waals surface area contributed by atoms with Crippen molar-refractivity contribution >= 4 is 15.9 Å². The Bertz CT molecular complexity index is 942. The van der Waals surface area contributed by atoms with E-state index in [1.165, 1.54) is 33.1 Å². The van der Waals surface area contributed by atoms with Gasteiger partial charge in [0.2, 0.25) is 10.0 Å². The van der Waals surface area contributed by atoms with Crippen LogP contribution in [0.25, 0.3) is 0 Å². The van der Waals surface area contributed by atoms with Crippen LogP contribution in [0, 0.1) is 0 Å². The predicted molar refractivity (Wildman–Crippen MR) is 101 cm³/mol.